The summed E-state index contributed by atoms with van der Waals surface area (Å²) >= 11 is 0. The van der Waals surface area contributed by atoms with Gasteiger partial charge in [0.1, 0.15) is 0 Å². The maximum atomic E-state index is 10.8. The van der Waals surface area contributed by atoms with E-state index in [0.29, 0.717) is 0 Å². The molecule has 0 N–H and O–H groups in total. The molecular weight excluding hydrogens is 167 g/mol. The molecule has 3 saturated heterocycles. The van der Waals surface area contributed by atoms with Crippen molar-refractivity contribution in [1.82, 2.24) is 0 Å². The molecule has 0 aromatic rings. The van der Waals surface area contributed by atoms with Crippen LogP contribution in [0.1, 0.15) is 0 Å². The van der Waals surface area contributed by atoms with Crippen molar-refractivity contribution in [2.75, 3.05) is 0 Å². The molecule has 3 heterocycles. The van der Waals surface area contributed by atoms with Gasteiger partial charge in [-0.25, -0.2) is 0 Å². The molecule has 6 heteroatoms. The number of hydrogen-bond donors (Lipinski definition) is 0. The molecule has 0 amide bonds. The third kappa shape index (κ3) is 0.172. The number of rotatable bonds is 0. The Bertz CT molecular complexity index is 237. The molecule has 1 radical (unpaired) electrons. The van der Waals surface area contributed by atoms with Crippen molar-refractivity contribution in [3.63, 3.8) is 0 Å². The molecule has 0 aromatic heterocycles. The number of hydrogen-bond acceptors (Lipinski definition) is 3. The van der Waals surface area contributed by atoms with E-state index in [1.165, 1.54) is 0 Å². The van der Waals surface area contributed by atoms with Crippen molar-refractivity contribution >= 4 is 43.8 Å². The van der Waals surface area contributed by atoms with Gasteiger partial charge in [0.25, 0.3) is 0 Å². The zero-order chi connectivity index (χ0) is 4.91. The molecule has 37 valence electrons. The molecule has 0 aromatic carbocycles. The first-order valence-electron chi connectivity index (χ1n) is 1.72. The van der Waals surface area contributed by atoms with E-state index in [2.05, 4.69) is 0 Å². The van der Waals surface area contributed by atoms with E-state index in [1.807, 2.05) is 21.6 Å². The Morgan fingerprint density at radius 2 is 1.86 bits per heavy atom. The van der Waals surface area contributed by atoms with Crippen LogP contribution in [0.15, 0.2) is 0 Å². The van der Waals surface area contributed by atoms with Crippen LogP contribution in [0.3, 0.4) is 0 Å². The topological polar surface area (TPSA) is 17.1 Å². The molecular formula is CBOS4. The van der Waals surface area contributed by atoms with Crippen LogP contribution < -0.4 is 0 Å². The van der Waals surface area contributed by atoms with Crippen LogP contribution in [0.5, 0.6) is 0 Å². The SMILES string of the molecule is [B]=S1(=O)C23SS21S3. The van der Waals surface area contributed by atoms with E-state index in [-0.39, 0.29) is 2.74 Å². The fraction of sp³-hybridized carbons (Fsp3) is 1.00. The second-order valence-corrected chi connectivity index (χ2v) is 16.9. The molecule has 0 spiro atoms. The Hall–Kier alpha value is 1.26. The first-order chi connectivity index (χ1) is 3.16. The van der Waals surface area contributed by atoms with Gasteiger partial charge in [-0.15, -0.1) is 0 Å². The minimum absolute atomic E-state index is 0.181. The second-order valence-electron chi connectivity index (χ2n) is 1.67. The molecule has 3 aliphatic rings. The van der Waals surface area contributed by atoms with Gasteiger partial charge in [0, 0.05) is 0 Å². The summed E-state index contributed by atoms with van der Waals surface area (Å²) in [6, 6.07) is 0. The summed E-state index contributed by atoms with van der Waals surface area (Å²) in [5.74, 6) is 0. The predicted octanol–water partition coefficient (Wildman–Crippen LogP) is 1.02. The Morgan fingerprint density at radius 3 is 1.86 bits per heavy atom. The third-order valence-corrected chi connectivity index (χ3v) is 25.4. The van der Waals surface area contributed by atoms with Crippen LogP contribution in [0.2, 0.25) is 0 Å². The Morgan fingerprint density at radius 1 is 1.57 bits per heavy atom. The van der Waals surface area contributed by atoms with Gasteiger partial charge in [-0.3, -0.25) is 0 Å². The van der Waals surface area contributed by atoms with Crippen LogP contribution in [0.4, 0.5) is 0 Å². The first-order valence-corrected chi connectivity index (χ1v) is 8.16. The molecule has 0 aliphatic carbocycles. The Kier molecular flexibility index (Phi) is 0.373. The van der Waals surface area contributed by atoms with E-state index in [1.54, 1.807) is 0 Å². The van der Waals surface area contributed by atoms with Crippen molar-refractivity contribution in [2.45, 2.75) is 2.74 Å². The van der Waals surface area contributed by atoms with Crippen LogP contribution in [0, 0.1) is 0 Å². The Balaban J connectivity index is 2.54. The van der Waals surface area contributed by atoms with Gasteiger partial charge in [0.2, 0.25) is 0 Å². The summed E-state index contributed by atoms with van der Waals surface area (Å²) in [5, 5.41) is 0. The van der Waals surface area contributed by atoms with Gasteiger partial charge in [-0.1, -0.05) is 0 Å². The quantitative estimate of drug-likeness (QED) is 0.304. The molecule has 3 aliphatic heterocycles. The summed E-state index contributed by atoms with van der Waals surface area (Å²) in [6.07, 6.45) is 0. The molecule has 7 heavy (non-hydrogen) atoms. The summed E-state index contributed by atoms with van der Waals surface area (Å²) < 4.78 is 11.0. The van der Waals surface area contributed by atoms with Gasteiger partial charge in [-0.2, -0.15) is 0 Å². The van der Waals surface area contributed by atoms with Crippen molar-refractivity contribution < 1.29 is 4.21 Å². The van der Waals surface area contributed by atoms with E-state index in [0.717, 1.165) is 0 Å². The molecule has 0 saturated carbocycles. The molecule has 3 fully saturated rings. The monoisotopic (exact) mass is 167 g/mol. The van der Waals surface area contributed by atoms with Crippen molar-refractivity contribution in [2.24, 2.45) is 0 Å². The summed E-state index contributed by atoms with van der Waals surface area (Å²) in [6.45, 7) is 5.36. The van der Waals surface area contributed by atoms with Crippen LogP contribution >= 0.6 is 28.7 Å². The minimum atomic E-state index is -1.66. The second kappa shape index (κ2) is 0.631. The van der Waals surface area contributed by atoms with Crippen LogP contribution in [-0.4, -0.2) is 13.7 Å². The van der Waals surface area contributed by atoms with Gasteiger partial charge >= 0.3 is 50.8 Å². The zero-order valence-corrected chi connectivity index (χ0v) is 6.38. The molecule has 1 nitrogen and oxygen atoms in total. The van der Waals surface area contributed by atoms with Gasteiger partial charge in [-0.05, 0) is 0 Å². The van der Waals surface area contributed by atoms with E-state index >= 15 is 0 Å². The maximum absolute atomic E-state index is 10.8. The van der Waals surface area contributed by atoms with E-state index in [9.17, 15) is 4.21 Å². The van der Waals surface area contributed by atoms with Crippen molar-refractivity contribution in [3.8, 4) is 0 Å². The molecule has 3 rings (SSSR count). The van der Waals surface area contributed by atoms with Gasteiger partial charge < -0.3 is 0 Å². The van der Waals surface area contributed by atoms with Crippen LogP contribution in [-0.2, 0) is 8.39 Å². The first kappa shape index (κ1) is 4.14. The Labute approximate surface area is 50.8 Å². The standard InChI is InChI=1S/CBOS4/c2-6(3)1-4-7(1,6)5-1. The van der Waals surface area contributed by atoms with Crippen LogP contribution in [0.25, 0.3) is 0 Å². The fourth-order valence-electron chi connectivity index (χ4n) is 0.673. The molecule has 0 bridgehead atoms. The van der Waals surface area contributed by atoms with E-state index < -0.39 is 15.5 Å². The fourth-order valence-corrected chi connectivity index (χ4v) is 27.2. The molecule has 1 unspecified atom stereocenters. The van der Waals surface area contributed by atoms with Gasteiger partial charge in [0.15, 0.2) is 0 Å². The normalized spacial score (nSPS) is 98.7. The third-order valence-electron chi connectivity index (χ3n) is 1.33. The molecule has 1 atom stereocenters. The zero-order valence-electron chi connectivity index (χ0n) is 3.12. The average molecular weight is 167 g/mol. The van der Waals surface area contributed by atoms with Gasteiger partial charge in [0.05, 0.1) is 0 Å². The van der Waals surface area contributed by atoms with Crippen molar-refractivity contribution in [1.29, 1.82) is 0 Å². The summed E-state index contributed by atoms with van der Waals surface area (Å²) in [5.41, 5.74) is 0. The predicted molar refractivity (Wildman–Crippen MR) is 39.4 cm³/mol. The summed E-state index contributed by atoms with van der Waals surface area (Å²) in [7, 11) is 1.40. The van der Waals surface area contributed by atoms with E-state index in [4.69, 9.17) is 6.72 Å². The summed E-state index contributed by atoms with van der Waals surface area (Å²) in [4.78, 5) is 0. The van der Waals surface area contributed by atoms with Crippen molar-refractivity contribution in [3.05, 3.63) is 0 Å². The average Bonchev–Trinajstić information content (AvgIpc) is 2.11.